The second-order valence-electron chi connectivity index (χ2n) is 8.83. The number of rotatable bonds is 5. The molecule has 2 aromatic rings. The molecule has 1 amide bonds. The monoisotopic (exact) mass is 440 g/mol. The number of hydrogen-bond acceptors (Lipinski definition) is 5. The molecule has 166 valence electrons. The van der Waals surface area contributed by atoms with E-state index in [4.69, 9.17) is 4.74 Å². The summed E-state index contributed by atoms with van der Waals surface area (Å²) in [6, 6.07) is 12.0. The Bertz CT molecular complexity index is 897. The molecule has 1 saturated carbocycles. The van der Waals surface area contributed by atoms with Gasteiger partial charge in [-0.1, -0.05) is 37.3 Å². The molecule has 4 rings (SSSR count). The number of anilines is 1. The minimum Gasteiger partial charge on any atom is -0.465 e. The van der Waals surface area contributed by atoms with Crippen LogP contribution in [0.15, 0.2) is 36.4 Å². The summed E-state index contributed by atoms with van der Waals surface area (Å²) in [4.78, 5) is 29.6. The van der Waals surface area contributed by atoms with Gasteiger partial charge in [0, 0.05) is 16.8 Å². The average Bonchev–Trinajstić information content (AvgIpc) is 3.25. The minimum atomic E-state index is -0.377. The lowest BCUT2D eigenvalue weighted by Crippen LogP contribution is -2.49. The van der Waals surface area contributed by atoms with Crippen LogP contribution in [-0.4, -0.2) is 38.1 Å². The van der Waals surface area contributed by atoms with Crippen molar-refractivity contribution in [3.05, 3.63) is 42.0 Å². The Morgan fingerprint density at radius 2 is 1.71 bits per heavy atom. The van der Waals surface area contributed by atoms with Gasteiger partial charge < -0.3 is 10.1 Å². The normalized spacial score (nSPS) is 22.1. The molecule has 0 atom stereocenters. The van der Waals surface area contributed by atoms with E-state index in [9.17, 15) is 9.59 Å². The van der Waals surface area contributed by atoms with E-state index in [0.29, 0.717) is 11.5 Å². The first-order chi connectivity index (χ1) is 15.1. The number of nitrogens with zero attached hydrogens (tertiary/aromatic N) is 1. The van der Waals surface area contributed by atoms with Crippen LogP contribution < -0.4 is 10.2 Å². The number of piperidine rings is 1. The Balaban J connectivity index is 1.75. The van der Waals surface area contributed by atoms with E-state index < -0.39 is 0 Å². The van der Waals surface area contributed by atoms with Crippen LogP contribution in [0, 0.1) is 11.8 Å². The summed E-state index contributed by atoms with van der Waals surface area (Å²) in [6.45, 7) is 4.05. The molecule has 1 aliphatic carbocycles. The standard InChI is InChI=1S/C25H32N2O3S/c1-17-8-10-19(11-9-17)23(28)27(20-12-14-26-15-13-20)24-21(25(29)30-2)16-22(31-24)18-6-4-3-5-7-18/h3-7,16-17,19-20,26H,8-15H2,1-2H3. The highest BCUT2D eigenvalue weighted by molar-refractivity contribution is 7.20. The van der Waals surface area contributed by atoms with Gasteiger partial charge in [-0.15, -0.1) is 11.3 Å². The first-order valence-electron chi connectivity index (χ1n) is 11.4. The number of benzene rings is 1. The zero-order valence-corrected chi connectivity index (χ0v) is 19.2. The maximum atomic E-state index is 13.9. The lowest BCUT2D eigenvalue weighted by atomic mass is 9.82. The van der Waals surface area contributed by atoms with Gasteiger partial charge in [-0.3, -0.25) is 9.69 Å². The fourth-order valence-corrected chi connectivity index (χ4v) is 6.00. The highest BCUT2D eigenvalue weighted by Gasteiger charge is 2.36. The summed E-state index contributed by atoms with van der Waals surface area (Å²) in [5, 5.41) is 4.15. The number of thiophene rings is 1. The molecular formula is C25H32N2O3S. The molecule has 2 heterocycles. The molecule has 0 unspecified atom stereocenters. The molecular weight excluding hydrogens is 408 g/mol. The smallest absolute Gasteiger partial charge is 0.340 e. The first kappa shape index (κ1) is 22.0. The summed E-state index contributed by atoms with van der Waals surface area (Å²) in [5.41, 5.74) is 1.55. The topological polar surface area (TPSA) is 58.6 Å². The number of carbonyl (C=O) groups is 2. The van der Waals surface area contributed by atoms with Crippen LogP contribution in [0.25, 0.3) is 10.4 Å². The quantitative estimate of drug-likeness (QED) is 0.656. The predicted octanol–water partition coefficient (Wildman–Crippen LogP) is 5.11. The highest BCUT2D eigenvalue weighted by atomic mass is 32.1. The van der Waals surface area contributed by atoms with Crippen molar-refractivity contribution in [3.63, 3.8) is 0 Å². The average molecular weight is 441 g/mol. The van der Waals surface area contributed by atoms with Gasteiger partial charge in [-0.25, -0.2) is 4.79 Å². The predicted molar refractivity (Wildman–Crippen MR) is 126 cm³/mol. The molecule has 5 nitrogen and oxygen atoms in total. The van der Waals surface area contributed by atoms with Crippen molar-refractivity contribution in [1.82, 2.24) is 5.32 Å². The van der Waals surface area contributed by atoms with Gasteiger partial charge in [0.05, 0.1) is 12.7 Å². The number of hydrogen-bond donors (Lipinski definition) is 1. The van der Waals surface area contributed by atoms with Crippen molar-refractivity contribution in [2.24, 2.45) is 11.8 Å². The fraction of sp³-hybridized carbons (Fsp3) is 0.520. The molecule has 1 aliphatic heterocycles. The summed E-state index contributed by atoms with van der Waals surface area (Å²) >= 11 is 1.53. The Labute approximate surface area is 188 Å². The van der Waals surface area contributed by atoms with Gasteiger partial charge in [0.1, 0.15) is 5.00 Å². The molecule has 2 fully saturated rings. The highest BCUT2D eigenvalue weighted by Crippen LogP contribution is 2.42. The first-order valence-corrected chi connectivity index (χ1v) is 12.2. The molecule has 0 spiro atoms. The van der Waals surface area contributed by atoms with E-state index in [-0.39, 0.29) is 23.8 Å². The second-order valence-corrected chi connectivity index (χ2v) is 9.86. The Morgan fingerprint density at radius 1 is 1.03 bits per heavy atom. The van der Waals surface area contributed by atoms with E-state index in [0.717, 1.165) is 67.1 Å². The number of methoxy groups -OCH3 is 1. The lowest BCUT2D eigenvalue weighted by molar-refractivity contribution is -0.124. The molecule has 31 heavy (non-hydrogen) atoms. The van der Waals surface area contributed by atoms with Crippen molar-refractivity contribution in [2.45, 2.75) is 51.5 Å². The zero-order chi connectivity index (χ0) is 21.8. The van der Waals surface area contributed by atoms with Gasteiger partial charge in [0.15, 0.2) is 0 Å². The SMILES string of the molecule is COC(=O)c1cc(-c2ccccc2)sc1N(C(=O)C1CCC(C)CC1)C1CCNCC1. The third kappa shape index (κ3) is 4.85. The maximum Gasteiger partial charge on any atom is 0.340 e. The van der Waals surface area contributed by atoms with Crippen molar-refractivity contribution in [2.75, 3.05) is 25.1 Å². The molecule has 0 radical (unpaired) electrons. The largest absolute Gasteiger partial charge is 0.465 e. The van der Waals surface area contributed by atoms with Crippen molar-refractivity contribution in [1.29, 1.82) is 0 Å². The van der Waals surface area contributed by atoms with Crippen molar-refractivity contribution in [3.8, 4) is 10.4 Å². The van der Waals surface area contributed by atoms with Crippen LogP contribution >= 0.6 is 11.3 Å². The Morgan fingerprint density at radius 3 is 2.35 bits per heavy atom. The number of esters is 1. The van der Waals surface area contributed by atoms with Gasteiger partial charge in [0.2, 0.25) is 5.91 Å². The van der Waals surface area contributed by atoms with Crippen LogP contribution in [0.2, 0.25) is 0 Å². The van der Waals surface area contributed by atoms with Crippen LogP contribution in [0.3, 0.4) is 0 Å². The fourth-order valence-electron chi connectivity index (χ4n) is 4.78. The number of nitrogens with one attached hydrogen (secondary N) is 1. The van der Waals surface area contributed by atoms with Crippen molar-refractivity contribution < 1.29 is 14.3 Å². The summed E-state index contributed by atoms with van der Waals surface area (Å²) in [5.74, 6) is 0.537. The zero-order valence-electron chi connectivity index (χ0n) is 18.4. The van der Waals surface area contributed by atoms with E-state index in [2.05, 4.69) is 12.2 Å². The van der Waals surface area contributed by atoms with Crippen LogP contribution in [0.1, 0.15) is 55.8 Å². The molecule has 2 aliphatic rings. The van der Waals surface area contributed by atoms with Gasteiger partial charge >= 0.3 is 5.97 Å². The molecule has 0 bridgehead atoms. The van der Waals surface area contributed by atoms with Gasteiger partial charge in [-0.2, -0.15) is 0 Å². The molecule has 1 saturated heterocycles. The molecule has 6 heteroatoms. The summed E-state index contributed by atoms with van der Waals surface area (Å²) < 4.78 is 5.12. The lowest BCUT2D eigenvalue weighted by Gasteiger charge is -2.37. The van der Waals surface area contributed by atoms with Crippen LogP contribution in [0.4, 0.5) is 5.00 Å². The van der Waals surface area contributed by atoms with Crippen molar-refractivity contribution >= 4 is 28.2 Å². The van der Waals surface area contributed by atoms with E-state index in [1.54, 1.807) is 0 Å². The van der Waals surface area contributed by atoms with E-state index in [1.807, 2.05) is 41.3 Å². The van der Waals surface area contributed by atoms with Gasteiger partial charge in [0.25, 0.3) is 0 Å². The molecule has 1 N–H and O–H groups in total. The number of ether oxygens (including phenoxy) is 1. The second kappa shape index (κ2) is 9.96. The van der Waals surface area contributed by atoms with E-state index >= 15 is 0 Å². The summed E-state index contributed by atoms with van der Waals surface area (Å²) in [6.07, 6.45) is 5.86. The maximum absolute atomic E-state index is 13.9. The molecule has 1 aromatic heterocycles. The van der Waals surface area contributed by atoms with Gasteiger partial charge in [-0.05, 0) is 69.2 Å². The molecule has 1 aromatic carbocycles. The minimum absolute atomic E-state index is 0.0406. The number of carbonyl (C=O) groups excluding carboxylic acids is 2. The van der Waals surface area contributed by atoms with Crippen LogP contribution in [-0.2, 0) is 9.53 Å². The Hall–Kier alpha value is -2.18. The van der Waals surface area contributed by atoms with Crippen LogP contribution in [0.5, 0.6) is 0 Å². The number of amides is 1. The van der Waals surface area contributed by atoms with E-state index in [1.165, 1.54) is 18.4 Å². The Kier molecular flexibility index (Phi) is 7.08. The third-order valence-corrected chi connectivity index (χ3v) is 7.85. The summed E-state index contributed by atoms with van der Waals surface area (Å²) in [7, 11) is 1.41. The third-order valence-electron chi connectivity index (χ3n) is 6.67.